The highest BCUT2D eigenvalue weighted by molar-refractivity contribution is 7.14. The second-order valence-corrected chi connectivity index (χ2v) is 7.91. The van der Waals surface area contributed by atoms with Gasteiger partial charge in [-0.15, -0.1) is 11.3 Å². The van der Waals surface area contributed by atoms with E-state index >= 15 is 0 Å². The number of thiazole rings is 1. The zero-order valence-electron chi connectivity index (χ0n) is 17.1. The molecule has 1 aliphatic rings. The molecule has 0 saturated carbocycles. The number of nitrogens with one attached hydrogen (secondary N) is 2. The van der Waals surface area contributed by atoms with Crippen molar-refractivity contribution in [1.82, 2.24) is 4.98 Å². The lowest BCUT2D eigenvalue weighted by molar-refractivity contribution is 0.433. The Bertz CT molecular complexity index is 1190. The van der Waals surface area contributed by atoms with Crippen molar-refractivity contribution in [1.29, 1.82) is 5.41 Å². The molecule has 3 N–H and O–H groups in total. The summed E-state index contributed by atoms with van der Waals surface area (Å²) in [6, 6.07) is 19.6. The van der Waals surface area contributed by atoms with Gasteiger partial charge in [0, 0.05) is 22.1 Å². The van der Waals surface area contributed by atoms with Crippen molar-refractivity contribution in [3.05, 3.63) is 119 Å². The van der Waals surface area contributed by atoms with Gasteiger partial charge >= 0.3 is 0 Å². The first-order chi connectivity index (χ1) is 15.2. The number of benzene rings is 2. The third-order valence-corrected chi connectivity index (χ3v) is 5.77. The number of aliphatic hydroxyl groups excluding tert-OH is 1. The van der Waals surface area contributed by atoms with E-state index in [0.29, 0.717) is 11.1 Å². The van der Waals surface area contributed by atoms with Crippen LogP contribution in [-0.2, 0) is 0 Å². The number of rotatable bonds is 6. The van der Waals surface area contributed by atoms with E-state index in [2.05, 4.69) is 5.32 Å². The van der Waals surface area contributed by atoms with Gasteiger partial charge in [0.15, 0.2) is 5.13 Å². The van der Waals surface area contributed by atoms with Gasteiger partial charge in [-0.25, -0.2) is 4.98 Å². The van der Waals surface area contributed by atoms with Gasteiger partial charge < -0.3 is 10.4 Å². The highest BCUT2D eigenvalue weighted by atomic mass is 32.1. The summed E-state index contributed by atoms with van der Waals surface area (Å²) in [4.78, 5) is 4.75. The average molecular weight is 426 g/mol. The van der Waals surface area contributed by atoms with Gasteiger partial charge in [-0.3, -0.25) is 5.41 Å². The van der Waals surface area contributed by atoms with Crippen LogP contribution in [0.4, 0.5) is 5.13 Å². The van der Waals surface area contributed by atoms with Crippen molar-refractivity contribution in [2.24, 2.45) is 0 Å². The van der Waals surface area contributed by atoms with Crippen LogP contribution in [0.15, 0.2) is 113 Å². The number of hydrogen-bond acceptors (Lipinski definition) is 5. The normalized spacial score (nSPS) is 16.3. The predicted octanol–water partition coefficient (Wildman–Crippen LogP) is 6.87. The molecule has 0 amide bonds. The number of hydrogen-bond donors (Lipinski definition) is 3. The molecule has 0 aliphatic heterocycles. The van der Waals surface area contributed by atoms with Gasteiger partial charge in [-0.05, 0) is 12.5 Å². The lowest BCUT2D eigenvalue weighted by atomic mass is 9.90. The Hall–Kier alpha value is -3.70. The Morgan fingerprint density at radius 2 is 1.74 bits per heavy atom. The molecule has 1 heterocycles. The highest BCUT2D eigenvalue weighted by Crippen LogP contribution is 2.34. The molecule has 4 rings (SSSR count). The largest absolute Gasteiger partial charge is 0.505 e. The summed E-state index contributed by atoms with van der Waals surface area (Å²) < 4.78 is 0. The summed E-state index contributed by atoms with van der Waals surface area (Å²) in [6.07, 6.45) is 9.32. The van der Waals surface area contributed by atoms with E-state index in [1.54, 1.807) is 0 Å². The van der Waals surface area contributed by atoms with Gasteiger partial charge in [0.25, 0.3) is 0 Å². The van der Waals surface area contributed by atoms with E-state index in [1.165, 1.54) is 11.3 Å². The zero-order chi connectivity index (χ0) is 21.6. The summed E-state index contributed by atoms with van der Waals surface area (Å²) in [7, 11) is 0. The van der Waals surface area contributed by atoms with Crippen LogP contribution in [0.1, 0.15) is 18.5 Å². The van der Waals surface area contributed by atoms with Crippen molar-refractivity contribution < 1.29 is 5.11 Å². The fraction of sp³-hybridized carbons (Fsp3) is 0.0769. The first-order valence-electron chi connectivity index (χ1n) is 10.0. The quantitative estimate of drug-likeness (QED) is 0.404. The molecular formula is C26H23N3OS. The van der Waals surface area contributed by atoms with Crippen molar-refractivity contribution in [2.75, 3.05) is 5.32 Å². The molecule has 1 aromatic heterocycles. The molecule has 3 aromatic rings. The van der Waals surface area contributed by atoms with Crippen LogP contribution in [-0.4, -0.2) is 15.8 Å². The van der Waals surface area contributed by atoms with E-state index in [0.717, 1.165) is 22.0 Å². The molecule has 0 radical (unpaired) electrons. The van der Waals surface area contributed by atoms with Crippen LogP contribution in [0.2, 0.25) is 0 Å². The summed E-state index contributed by atoms with van der Waals surface area (Å²) in [5.41, 5.74) is 4.38. The Morgan fingerprint density at radius 3 is 2.45 bits per heavy atom. The average Bonchev–Trinajstić information content (AvgIpc) is 3.29. The van der Waals surface area contributed by atoms with Crippen molar-refractivity contribution in [3.63, 3.8) is 0 Å². The zero-order valence-corrected chi connectivity index (χ0v) is 17.9. The lowest BCUT2D eigenvalue weighted by Crippen LogP contribution is -2.19. The fourth-order valence-electron chi connectivity index (χ4n) is 3.39. The van der Waals surface area contributed by atoms with E-state index in [9.17, 15) is 5.11 Å². The van der Waals surface area contributed by atoms with Gasteiger partial charge in [0.2, 0.25) is 0 Å². The van der Waals surface area contributed by atoms with Crippen LogP contribution in [0, 0.1) is 5.41 Å². The molecule has 0 saturated heterocycles. The third kappa shape index (κ3) is 4.57. The van der Waals surface area contributed by atoms with Crippen LogP contribution in [0.3, 0.4) is 0 Å². The van der Waals surface area contributed by atoms with Crippen LogP contribution in [0.5, 0.6) is 0 Å². The number of allylic oxidation sites excluding steroid dienone is 5. The summed E-state index contributed by atoms with van der Waals surface area (Å²) >= 11 is 1.52. The Morgan fingerprint density at radius 1 is 1.03 bits per heavy atom. The minimum Gasteiger partial charge on any atom is -0.505 e. The second-order valence-electron chi connectivity index (χ2n) is 7.05. The molecule has 1 unspecified atom stereocenters. The van der Waals surface area contributed by atoms with Crippen LogP contribution in [0.25, 0.3) is 11.3 Å². The molecule has 5 heteroatoms. The van der Waals surface area contributed by atoms with E-state index in [4.69, 9.17) is 10.4 Å². The number of aliphatic hydroxyl groups is 1. The van der Waals surface area contributed by atoms with E-state index in [-0.39, 0.29) is 17.5 Å². The van der Waals surface area contributed by atoms with Gasteiger partial charge in [0.05, 0.1) is 11.7 Å². The Kier molecular flexibility index (Phi) is 6.24. The Balaban J connectivity index is 1.69. The molecule has 0 spiro atoms. The van der Waals surface area contributed by atoms with Crippen molar-refractivity contribution in [2.45, 2.75) is 13.0 Å². The SMILES string of the molecule is C/C=C\C=C1\C=CC(C(Nc2nc(-c3ccccc3)cs2)c2ccccc2)=C(O)C1=N. The monoisotopic (exact) mass is 425 g/mol. The van der Waals surface area contributed by atoms with E-state index < -0.39 is 0 Å². The first-order valence-corrected chi connectivity index (χ1v) is 10.9. The number of aromatic nitrogens is 1. The van der Waals surface area contributed by atoms with Crippen molar-refractivity contribution >= 4 is 22.2 Å². The number of nitrogens with zero attached hydrogens (tertiary/aromatic N) is 1. The molecule has 0 bridgehead atoms. The van der Waals surface area contributed by atoms with Gasteiger partial charge in [-0.2, -0.15) is 0 Å². The maximum absolute atomic E-state index is 10.9. The summed E-state index contributed by atoms with van der Waals surface area (Å²) in [5.74, 6) is -0.0283. The molecule has 1 aliphatic carbocycles. The van der Waals surface area contributed by atoms with Crippen molar-refractivity contribution in [3.8, 4) is 11.3 Å². The molecule has 154 valence electrons. The maximum atomic E-state index is 10.9. The minimum atomic E-state index is -0.337. The smallest absolute Gasteiger partial charge is 0.183 e. The fourth-order valence-corrected chi connectivity index (χ4v) is 4.13. The third-order valence-electron chi connectivity index (χ3n) is 5.00. The molecule has 4 nitrogen and oxygen atoms in total. The van der Waals surface area contributed by atoms with Crippen LogP contribution < -0.4 is 5.32 Å². The first kappa shape index (κ1) is 20.6. The number of anilines is 1. The molecule has 2 aromatic carbocycles. The summed E-state index contributed by atoms with van der Waals surface area (Å²) in [6.45, 7) is 1.92. The lowest BCUT2D eigenvalue weighted by Gasteiger charge is -2.24. The predicted molar refractivity (Wildman–Crippen MR) is 130 cm³/mol. The topological polar surface area (TPSA) is 69.0 Å². The molecule has 31 heavy (non-hydrogen) atoms. The maximum Gasteiger partial charge on any atom is 0.183 e. The van der Waals surface area contributed by atoms with Gasteiger partial charge in [0.1, 0.15) is 11.5 Å². The minimum absolute atomic E-state index is 0.0283. The summed E-state index contributed by atoms with van der Waals surface area (Å²) in [5, 5.41) is 25.5. The molecule has 1 atom stereocenters. The second kappa shape index (κ2) is 9.41. The van der Waals surface area contributed by atoms with Crippen LogP contribution >= 0.6 is 11.3 Å². The standard InChI is InChI=1S/C26H23N3OS/c1-2-3-10-19-15-16-21(25(30)23(19)27)24(20-13-8-5-9-14-20)29-26-28-22(17-31-26)18-11-6-4-7-12-18/h2-17,24,27,30H,1H3,(H,28,29)/b3-2-,19-10-,27-23?. The highest BCUT2D eigenvalue weighted by Gasteiger charge is 2.25. The molecular weight excluding hydrogens is 402 g/mol. The molecule has 0 fully saturated rings. The Labute approximate surface area is 186 Å². The van der Waals surface area contributed by atoms with E-state index in [1.807, 2.05) is 103 Å². The van der Waals surface area contributed by atoms with Gasteiger partial charge in [-0.1, -0.05) is 91.0 Å².